The van der Waals surface area contributed by atoms with Gasteiger partial charge in [-0.3, -0.25) is 0 Å². The van der Waals surface area contributed by atoms with Crippen LogP contribution in [0.1, 0.15) is 88.8 Å². The highest BCUT2D eigenvalue weighted by atomic mass is 28.3. The molecule has 6 aliphatic rings. The van der Waals surface area contributed by atoms with E-state index in [2.05, 4.69) is 261 Å². The van der Waals surface area contributed by atoms with Crippen LogP contribution < -0.4 is 36.3 Å². The van der Waals surface area contributed by atoms with Gasteiger partial charge in [-0.05, 0) is 148 Å². The molecule has 5 heteroatoms. The van der Waals surface area contributed by atoms with Crippen molar-refractivity contribution in [2.24, 2.45) is 0 Å². The number of benzene rings is 9. The lowest BCUT2D eigenvalue weighted by atomic mass is 9.33. The maximum absolute atomic E-state index is 2.98. The number of rotatable bonds is 7. The molecule has 2 aliphatic carbocycles. The topological polar surface area (TPSA) is 9.72 Å². The highest BCUT2D eigenvalue weighted by molar-refractivity contribution is 7.01. The first-order chi connectivity index (χ1) is 37.4. The molecule has 0 radical (unpaired) electrons. The van der Waals surface area contributed by atoms with Gasteiger partial charge in [0, 0.05) is 50.6 Å². The summed E-state index contributed by atoms with van der Waals surface area (Å²) >= 11 is 0. The van der Waals surface area contributed by atoms with E-state index in [1.54, 1.807) is 10.8 Å². The average molecular weight is 1010 g/mol. The molecule has 15 rings (SSSR count). The SMILES string of the molecule is CC12CCCCC1(C)N(c1cc3c4c(c1)N1c5c(cc([Si](C)(C)C)cc5C5(c6ccccc6)CCCCC15C)B4c1ccc(-c4ccccc4)cc1N3c1cccc(-c3ccccc3)c1)c1ccc(-c3ccccc3)cc12. The Morgan fingerprint density at radius 1 is 0.403 bits per heavy atom. The summed E-state index contributed by atoms with van der Waals surface area (Å²) in [6.07, 6.45) is 9.43. The third kappa shape index (κ3) is 6.50. The summed E-state index contributed by atoms with van der Waals surface area (Å²) in [5.74, 6) is 0. The van der Waals surface area contributed by atoms with Crippen molar-refractivity contribution in [2.45, 2.75) is 114 Å². The molecule has 2 fully saturated rings. The highest BCUT2D eigenvalue weighted by Crippen LogP contribution is 2.66. The third-order valence-electron chi connectivity index (χ3n) is 20.4. The third-order valence-corrected chi connectivity index (χ3v) is 22.4. The van der Waals surface area contributed by atoms with Crippen LogP contribution in [0.4, 0.5) is 39.8 Å². The molecular weight excluding hydrogens is 946 g/mol. The van der Waals surface area contributed by atoms with Crippen molar-refractivity contribution in [1.29, 1.82) is 0 Å². The maximum atomic E-state index is 2.98. The Morgan fingerprint density at radius 3 is 1.65 bits per heavy atom. The van der Waals surface area contributed by atoms with Crippen molar-refractivity contribution in [1.82, 2.24) is 0 Å². The Labute approximate surface area is 458 Å². The fourth-order valence-electron chi connectivity index (χ4n) is 16.4. The maximum Gasteiger partial charge on any atom is 0.252 e. The summed E-state index contributed by atoms with van der Waals surface area (Å²) in [6, 6.07) is 80.1. The van der Waals surface area contributed by atoms with Crippen LogP contribution in [0.25, 0.3) is 33.4 Å². The molecule has 3 nitrogen and oxygen atoms in total. The Kier molecular flexibility index (Phi) is 10.3. The largest absolute Gasteiger partial charge is 0.335 e. The smallest absolute Gasteiger partial charge is 0.252 e. The molecule has 4 atom stereocenters. The fourth-order valence-corrected chi connectivity index (χ4v) is 17.6. The highest BCUT2D eigenvalue weighted by Gasteiger charge is 2.65. The van der Waals surface area contributed by atoms with E-state index < -0.39 is 8.07 Å². The molecule has 0 bridgehead atoms. The minimum absolute atomic E-state index is 0.0233. The van der Waals surface area contributed by atoms with Gasteiger partial charge in [0.15, 0.2) is 0 Å². The summed E-state index contributed by atoms with van der Waals surface area (Å²) < 4.78 is 0. The second-order valence-corrected chi connectivity index (χ2v) is 30.3. The van der Waals surface area contributed by atoms with E-state index >= 15 is 0 Å². The second kappa shape index (κ2) is 16.8. The van der Waals surface area contributed by atoms with Crippen LogP contribution >= 0.6 is 0 Å². The standard InChI is InChI=1S/C72H68BN3Si/c1-69-38-19-20-39-70(69,2)75(63-37-35-53(43-59(63)69)50-26-13-8-14-27-50)57-45-65-67-66(46-57)76-68-60(72(55-31-17-10-18-32-55)41-22-21-40-71(72,76)3)47-58(77(4,5)6)48-62(68)73(67)61-36-34-54(51-28-15-9-16-29-51)44-64(61)74(65)56-33-23-30-52(42-56)49-24-11-7-12-25-49/h7-18,23-37,42-48H,19-22,38-41H2,1-6H3. The molecule has 0 aromatic heterocycles. The van der Waals surface area contributed by atoms with Gasteiger partial charge >= 0.3 is 0 Å². The van der Waals surface area contributed by atoms with E-state index in [9.17, 15) is 0 Å². The van der Waals surface area contributed by atoms with E-state index in [1.807, 2.05) is 0 Å². The van der Waals surface area contributed by atoms with Crippen molar-refractivity contribution in [3.8, 4) is 33.4 Å². The van der Waals surface area contributed by atoms with Crippen LogP contribution in [0.2, 0.25) is 19.6 Å². The van der Waals surface area contributed by atoms with Gasteiger partial charge in [-0.2, -0.15) is 0 Å². The average Bonchev–Trinajstić information content (AvgIpc) is 3.47. The van der Waals surface area contributed by atoms with E-state index in [1.165, 1.54) is 133 Å². The predicted molar refractivity (Wildman–Crippen MR) is 331 cm³/mol. The number of hydrogen-bond donors (Lipinski definition) is 0. The molecule has 9 aromatic rings. The van der Waals surface area contributed by atoms with Crippen LogP contribution in [0.3, 0.4) is 0 Å². The van der Waals surface area contributed by atoms with Crippen LogP contribution in [-0.2, 0) is 10.8 Å². The molecule has 4 heterocycles. The van der Waals surface area contributed by atoms with Crippen molar-refractivity contribution in [3.63, 3.8) is 0 Å². The van der Waals surface area contributed by atoms with Gasteiger partial charge in [0.2, 0.25) is 0 Å². The van der Waals surface area contributed by atoms with Gasteiger partial charge in [0.05, 0.1) is 19.2 Å². The van der Waals surface area contributed by atoms with E-state index in [-0.39, 0.29) is 28.6 Å². The summed E-state index contributed by atoms with van der Waals surface area (Å²) in [6.45, 7) is 15.6. The second-order valence-electron chi connectivity index (χ2n) is 25.3. The van der Waals surface area contributed by atoms with Crippen LogP contribution in [0.15, 0.2) is 206 Å². The monoisotopic (exact) mass is 1010 g/mol. The Balaban J connectivity index is 1.08. The van der Waals surface area contributed by atoms with Crippen LogP contribution in [0.5, 0.6) is 0 Å². The summed E-state index contributed by atoms with van der Waals surface area (Å²) in [4.78, 5) is 8.55. The van der Waals surface area contributed by atoms with E-state index in [4.69, 9.17) is 0 Å². The molecule has 0 N–H and O–H groups in total. The van der Waals surface area contributed by atoms with Gasteiger partial charge in [-0.25, -0.2) is 0 Å². The molecule has 4 aliphatic heterocycles. The van der Waals surface area contributed by atoms with Gasteiger partial charge in [-0.1, -0.05) is 221 Å². The van der Waals surface area contributed by atoms with Gasteiger partial charge in [0.25, 0.3) is 6.71 Å². The zero-order valence-corrected chi connectivity index (χ0v) is 46.7. The molecular formula is C72H68BN3Si. The number of hydrogen-bond acceptors (Lipinski definition) is 3. The molecule has 77 heavy (non-hydrogen) atoms. The lowest BCUT2D eigenvalue weighted by molar-refractivity contribution is 0.195. The first kappa shape index (κ1) is 46.9. The zero-order chi connectivity index (χ0) is 52.1. The lowest BCUT2D eigenvalue weighted by Gasteiger charge is -2.54. The normalized spacial score (nSPS) is 23.4. The minimum atomic E-state index is -1.87. The summed E-state index contributed by atoms with van der Waals surface area (Å²) in [5.41, 5.74) is 25.0. The molecule has 2 saturated carbocycles. The predicted octanol–water partition coefficient (Wildman–Crippen LogP) is 16.4. The fraction of sp³-hybridized carbons (Fsp3) is 0.250. The molecule has 4 unspecified atom stereocenters. The molecule has 9 aromatic carbocycles. The summed E-state index contributed by atoms with van der Waals surface area (Å²) in [5, 5.41) is 1.56. The van der Waals surface area contributed by atoms with Crippen molar-refractivity contribution >= 4 is 76.2 Å². The van der Waals surface area contributed by atoms with E-state index in [0.717, 1.165) is 19.3 Å². The quantitative estimate of drug-likeness (QED) is 0.147. The first-order valence-corrected chi connectivity index (χ1v) is 32.3. The van der Waals surface area contributed by atoms with Crippen molar-refractivity contribution < 1.29 is 0 Å². The molecule has 0 amide bonds. The number of fused-ring (bicyclic) bond motifs is 10. The van der Waals surface area contributed by atoms with Crippen molar-refractivity contribution in [2.75, 3.05) is 14.7 Å². The van der Waals surface area contributed by atoms with Crippen molar-refractivity contribution in [3.05, 3.63) is 223 Å². The minimum Gasteiger partial charge on any atom is -0.335 e. The molecule has 0 saturated heterocycles. The Hall–Kier alpha value is -7.34. The number of nitrogens with zero attached hydrogens (tertiary/aromatic N) is 3. The first-order valence-electron chi connectivity index (χ1n) is 28.8. The van der Waals surface area contributed by atoms with Crippen LogP contribution in [0, 0.1) is 0 Å². The molecule has 378 valence electrons. The Morgan fingerprint density at radius 2 is 0.974 bits per heavy atom. The van der Waals surface area contributed by atoms with Crippen LogP contribution in [-0.4, -0.2) is 25.9 Å². The van der Waals surface area contributed by atoms with Gasteiger partial charge < -0.3 is 14.7 Å². The Bertz CT molecular complexity index is 3830. The lowest BCUT2D eigenvalue weighted by Crippen LogP contribution is -2.65. The summed E-state index contributed by atoms with van der Waals surface area (Å²) in [7, 11) is -1.87. The zero-order valence-electron chi connectivity index (χ0n) is 45.7. The van der Waals surface area contributed by atoms with E-state index in [0.29, 0.717) is 0 Å². The number of anilines is 7. The van der Waals surface area contributed by atoms with Gasteiger partial charge in [0.1, 0.15) is 0 Å². The van der Waals surface area contributed by atoms with Gasteiger partial charge in [-0.15, -0.1) is 0 Å². The molecule has 0 spiro atoms.